The lowest BCUT2D eigenvalue weighted by molar-refractivity contribution is -0.171. The van der Waals surface area contributed by atoms with Gasteiger partial charge in [0.05, 0.1) is 12.8 Å². The summed E-state index contributed by atoms with van der Waals surface area (Å²) in [6.07, 6.45) is 4.48. The summed E-state index contributed by atoms with van der Waals surface area (Å²) in [6.45, 7) is 2.32. The first-order valence-corrected chi connectivity index (χ1v) is 6.73. The van der Waals surface area contributed by atoms with Crippen LogP contribution in [0.5, 0.6) is 0 Å². The Labute approximate surface area is 117 Å². The fourth-order valence-corrected chi connectivity index (χ4v) is 2.89. The second-order valence-electron chi connectivity index (χ2n) is 4.82. The molecule has 1 unspecified atom stereocenters. The monoisotopic (exact) mass is 271 g/mol. The van der Waals surface area contributed by atoms with Crippen LogP contribution in [0.25, 0.3) is 17.0 Å². The minimum absolute atomic E-state index is 0.364. The number of ether oxygens (including phenoxy) is 2. The van der Waals surface area contributed by atoms with Gasteiger partial charge in [-0.05, 0) is 13.0 Å². The molecule has 1 aliphatic carbocycles. The number of methoxy groups -OCH3 is 1. The van der Waals surface area contributed by atoms with Gasteiger partial charge in [-0.25, -0.2) is 4.79 Å². The number of carbonyl (C=O) groups excluding carboxylic acids is 1. The highest BCUT2D eigenvalue weighted by Crippen LogP contribution is 2.40. The zero-order chi connectivity index (χ0) is 14.2. The summed E-state index contributed by atoms with van der Waals surface area (Å²) in [5.41, 5.74) is 1.73. The maximum Gasteiger partial charge on any atom is 0.344 e. The van der Waals surface area contributed by atoms with Gasteiger partial charge in [-0.1, -0.05) is 30.4 Å². The van der Waals surface area contributed by atoms with Crippen molar-refractivity contribution < 1.29 is 14.3 Å². The van der Waals surface area contributed by atoms with Gasteiger partial charge in [-0.3, -0.25) is 0 Å². The van der Waals surface area contributed by atoms with Crippen LogP contribution in [-0.4, -0.2) is 24.7 Å². The summed E-state index contributed by atoms with van der Waals surface area (Å²) in [7, 11) is 1.39. The van der Waals surface area contributed by atoms with Crippen molar-refractivity contribution in [2.75, 3.05) is 13.7 Å². The maximum absolute atomic E-state index is 12.3. The predicted molar refractivity (Wildman–Crippen MR) is 77.3 cm³/mol. The molecule has 0 amide bonds. The quantitative estimate of drug-likeness (QED) is 0.873. The van der Waals surface area contributed by atoms with Crippen LogP contribution in [0.3, 0.4) is 0 Å². The standard InChI is InChI=1S/C16H17NO3/c1-3-20-16(15(18)19-2)10-6-8-12-11-7-4-5-9-13(11)17-14(12)16/h4-9,17H,3,10H2,1-2H3. The second-order valence-corrected chi connectivity index (χ2v) is 4.82. The van der Waals surface area contributed by atoms with Crippen LogP contribution in [0.1, 0.15) is 24.6 Å². The molecule has 1 N–H and O–H groups in total. The van der Waals surface area contributed by atoms with Gasteiger partial charge in [0.25, 0.3) is 0 Å². The molecule has 1 aromatic heterocycles. The van der Waals surface area contributed by atoms with Crippen LogP contribution in [0.15, 0.2) is 30.3 Å². The predicted octanol–water partition coefficient (Wildman–Crippen LogP) is 2.99. The van der Waals surface area contributed by atoms with Gasteiger partial charge in [-0.15, -0.1) is 0 Å². The van der Waals surface area contributed by atoms with Crippen molar-refractivity contribution in [3.63, 3.8) is 0 Å². The Morgan fingerprint density at radius 3 is 2.95 bits per heavy atom. The van der Waals surface area contributed by atoms with Crippen molar-refractivity contribution in [3.05, 3.63) is 41.6 Å². The van der Waals surface area contributed by atoms with Crippen LogP contribution in [-0.2, 0) is 19.9 Å². The molecule has 0 spiro atoms. The molecular formula is C16H17NO3. The zero-order valence-corrected chi connectivity index (χ0v) is 11.6. The Kier molecular flexibility index (Phi) is 3.10. The van der Waals surface area contributed by atoms with E-state index in [4.69, 9.17) is 9.47 Å². The van der Waals surface area contributed by atoms with Gasteiger partial charge in [-0.2, -0.15) is 0 Å². The lowest BCUT2D eigenvalue weighted by atomic mass is 9.87. The molecule has 1 aromatic carbocycles. The Morgan fingerprint density at radius 2 is 2.20 bits per heavy atom. The van der Waals surface area contributed by atoms with Crippen molar-refractivity contribution >= 4 is 22.9 Å². The minimum atomic E-state index is -1.06. The van der Waals surface area contributed by atoms with Crippen LogP contribution >= 0.6 is 0 Å². The van der Waals surface area contributed by atoms with E-state index in [2.05, 4.69) is 4.98 Å². The molecule has 104 valence electrons. The average Bonchev–Trinajstić information content (AvgIpc) is 2.87. The van der Waals surface area contributed by atoms with E-state index >= 15 is 0 Å². The number of para-hydroxylation sites is 1. The molecule has 2 aromatic rings. The number of nitrogens with one attached hydrogen (secondary N) is 1. The SMILES string of the molecule is CCOC1(C(=O)OC)CC=Cc2c1[nH]c1ccccc21. The second kappa shape index (κ2) is 4.80. The van der Waals surface area contributed by atoms with Crippen molar-refractivity contribution in [3.8, 4) is 0 Å². The number of hydrogen-bond acceptors (Lipinski definition) is 3. The van der Waals surface area contributed by atoms with Gasteiger partial charge in [0.2, 0.25) is 5.60 Å². The fourth-order valence-electron chi connectivity index (χ4n) is 2.89. The number of fused-ring (bicyclic) bond motifs is 3. The third kappa shape index (κ3) is 1.68. The summed E-state index contributed by atoms with van der Waals surface area (Å²) in [5.74, 6) is -0.364. The zero-order valence-electron chi connectivity index (χ0n) is 11.6. The summed E-state index contributed by atoms with van der Waals surface area (Å²) in [4.78, 5) is 15.6. The molecule has 1 aliphatic rings. The molecule has 1 heterocycles. The van der Waals surface area contributed by atoms with Gasteiger partial charge in [0, 0.05) is 29.5 Å². The Bertz CT molecular complexity index is 686. The van der Waals surface area contributed by atoms with E-state index in [1.165, 1.54) is 7.11 Å². The van der Waals surface area contributed by atoms with E-state index < -0.39 is 5.60 Å². The third-order valence-electron chi connectivity index (χ3n) is 3.75. The Balaban J connectivity index is 2.26. The number of esters is 1. The smallest absolute Gasteiger partial charge is 0.344 e. The molecule has 1 atom stereocenters. The molecule has 0 bridgehead atoms. The summed E-state index contributed by atoms with van der Waals surface area (Å²) in [5, 5.41) is 1.09. The third-order valence-corrected chi connectivity index (χ3v) is 3.75. The van der Waals surface area contributed by atoms with Gasteiger partial charge >= 0.3 is 5.97 Å². The van der Waals surface area contributed by atoms with Crippen LogP contribution in [0, 0.1) is 0 Å². The van der Waals surface area contributed by atoms with Crippen molar-refractivity contribution in [1.29, 1.82) is 0 Å². The van der Waals surface area contributed by atoms with Crippen molar-refractivity contribution in [2.24, 2.45) is 0 Å². The molecule has 20 heavy (non-hydrogen) atoms. The van der Waals surface area contributed by atoms with E-state index in [1.807, 2.05) is 43.3 Å². The average molecular weight is 271 g/mol. The highest BCUT2D eigenvalue weighted by molar-refractivity contribution is 5.95. The number of H-pyrrole nitrogens is 1. The highest BCUT2D eigenvalue weighted by atomic mass is 16.6. The van der Waals surface area contributed by atoms with Gasteiger partial charge < -0.3 is 14.5 Å². The van der Waals surface area contributed by atoms with E-state index in [1.54, 1.807) is 0 Å². The molecule has 4 heteroatoms. The summed E-state index contributed by atoms with van der Waals surface area (Å²) >= 11 is 0. The normalized spacial score (nSPS) is 20.9. The van der Waals surface area contributed by atoms with Crippen molar-refractivity contribution in [2.45, 2.75) is 18.9 Å². The molecular weight excluding hydrogens is 254 g/mol. The van der Waals surface area contributed by atoms with Gasteiger partial charge in [0.1, 0.15) is 0 Å². The lowest BCUT2D eigenvalue weighted by Crippen LogP contribution is -2.41. The maximum atomic E-state index is 12.3. The number of aromatic amines is 1. The molecule has 0 saturated heterocycles. The van der Waals surface area contributed by atoms with E-state index in [0.717, 1.165) is 22.2 Å². The first-order valence-electron chi connectivity index (χ1n) is 6.73. The van der Waals surface area contributed by atoms with Crippen LogP contribution in [0.4, 0.5) is 0 Å². The Morgan fingerprint density at radius 1 is 1.40 bits per heavy atom. The van der Waals surface area contributed by atoms with Crippen LogP contribution in [0.2, 0.25) is 0 Å². The first kappa shape index (κ1) is 12.9. The number of carbonyl (C=O) groups is 1. The first-order chi connectivity index (χ1) is 9.73. The molecule has 0 saturated carbocycles. The van der Waals surface area contributed by atoms with Crippen molar-refractivity contribution in [1.82, 2.24) is 4.98 Å². The molecule has 0 aliphatic heterocycles. The number of benzene rings is 1. The van der Waals surface area contributed by atoms with E-state index in [0.29, 0.717) is 13.0 Å². The summed E-state index contributed by atoms with van der Waals surface area (Å²) in [6, 6.07) is 7.98. The van der Waals surface area contributed by atoms with E-state index in [9.17, 15) is 4.79 Å². The summed E-state index contributed by atoms with van der Waals surface area (Å²) < 4.78 is 10.8. The number of hydrogen-bond donors (Lipinski definition) is 1. The number of rotatable bonds is 3. The molecule has 0 fully saturated rings. The minimum Gasteiger partial charge on any atom is -0.467 e. The molecule has 3 rings (SSSR count). The van der Waals surface area contributed by atoms with Gasteiger partial charge in [0.15, 0.2) is 0 Å². The largest absolute Gasteiger partial charge is 0.467 e. The lowest BCUT2D eigenvalue weighted by Gasteiger charge is -2.31. The van der Waals surface area contributed by atoms with E-state index in [-0.39, 0.29) is 5.97 Å². The topological polar surface area (TPSA) is 51.3 Å². The molecule has 0 radical (unpaired) electrons. The number of aromatic nitrogens is 1. The Hall–Kier alpha value is -2.07. The van der Waals surface area contributed by atoms with Crippen LogP contribution < -0.4 is 0 Å². The highest BCUT2D eigenvalue weighted by Gasteiger charge is 2.46. The fraction of sp³-hybridized carbons (Fsp3) is 0.312. The molecule has 4 nitrogen and oxygen atoms in total.